The molecule has 0 unspecified atom stereocenters. The number of benzene rings is 1. The lowest BCUT2D eigenvalue weighted by Gasteiger charge is -2.10. The Morgan fingerprint density at radius 2 is 1.71 bits per heavy atom. The standard InChI is InChI=1S/C16H23N5O5S2/c1-3-6-14-19-15(9-5-10-17-27(2,22)23)21-16(20-14)18-12-7-4-8-13(11-12)28(24,25)26/h4,7-8,11,17H,3,5-6,9-10H2,1-2H3,(H,24,25,26)(H,18,19,20,21). The van der Waals surface area contributed by atoms with E-state index in [-0.39, 0.29) is 17.4 Å². The van der Waals surface area contributed by atoms with Gasteiger partial charge in [0, 0.05) is 25.1 Å². The van der Waals surface area contributed by atoms with Gasteiger partial charge in [0.1, 0.15) is 11.6 Å². The Labute approximate surface area is 164 Å². The summed E-state index contributed by atoms with van der Waals surface area (Å²) in [5, 5.41) is 2.92. The Kier molecular flexibility index (Phi) is 7.41. The molecule has 0 saturated carbocycles. The molecule has 0 bridgehead atoms. The largest absolute Gasteiger partial charge is 0.324 e. The van der Waals surface area contributed by atoms with Gasteiger partial charge in [-0.15, -0.1) is 0 Å². The molecule has 28 heavy (non-hydrogen) atoms. The number of anilines is 2. The molecule has 10 nitrogen and oxygen atoms in total. The number of nitrogens with zero attached hydrogens (tertiary/aromatic N) is 3. The second kappa shape index (κ2) is 9.37. The van der Waals surface area contributed by atoms with Crippen LogP contribution in [-0.4, -0.2) is 49.1 Å². The molecule has 0 aliphatic heterocycles. The van der Waals surface area contributed by atoms with E-state index in [9.17, 15) is 16.8 Å². The molecule has 3 N–H and O–H groups in total. The number of rotatable bonds is 10. The van der Waals surface area contributed by atoms with E-state index >= 15 is 0 Å². The fraction of sp³-hybridized carbons (Fsp3) is 0.438. The van der Waals surface area contributed by atoms with Crippen LogP contribution in [0.3, 0.4) is 0 Å². The van der Waals surface area contributed by atoms with E-state index < -0.39 is 20.1 Å². The third-order valence-corrected chi connectivity index (χ3v) is 5.11. The van der Waals surface area contributed by atoms with Crippen LogP contribution in [0.2, 0.25) is 0 Å². The summed E-state index contributed by atoms with van der Waals surface area (Å²) < 4.78 is 56.4. The molecule has 0 radical (unpaired) electrons. The van der Waals surface area contributed by atoms with Crippen molar-refractivity contribution in [3.8, 4) is 0 Å². The highest BCUT2D eigenvalue weighted by molar-refractivity contribution is 7.88. The van der Waals surface area contributed by atoms with Crippen LogP contribution in [0.15, 0.2) is 29.2 Å². The molecule has 0 saturated heterocycles. The molecule has 12 heteroatoms. The van der Waals surface area contributed by atoms with Crippen LogP contribution >= 0.6 is 0 Å². The second-order valence-electron chi connectivity index (χ2n) is 6.14. The SMILES string of the molecule is CCCc1nc(CCCNS(C)(=O)=O)nc(Nc2cccc(S(=O)(=O)O)c2)n1. The van der Waals surface area contributed by atoms with Gasteiger partial charge in [-0.25, -0.2) is 18.1 Å². The monoisotopic (exact) mass is 429 g/mol. The minimum atomic E-state index is -4.32. The minimum absolute atomic E-state index is 0.243. The Bertz CT molecular complexity index is 1030. The number of hydrogen-bond acceptors (Lipinski definition) is 8. The average Bonchev–Trinajstić information content (AvgIpc) is 2.58. The van der Waals surface area contributed by atoms with Crippen molar-refractivity contribution >= 4 is 31.8 Å². The van der Waals surface area contributed by atoms with Crippen LogP contribution in [-0.2, 0) is 33.0 Å². The zero-order valence-electron chi connectivity index (χ0n) is 15.6. The van der Waals surface area contributed by atoms with Gasteiger partial charge in [0.15, 0.2) is 0 Å². The number of aromatic nitrogens is 3. The maximum absolute atomic E-state index is 11.3. The molecule has 0 aliphatic rings. The number of aryl methyl sites for hydroxylation is 2. The number of nitrogens with one attached hydrogen (secondary N) is 2. The molecule has 0 amide bonds. The molecule has 0 spiro atoms. The van der Waals surface area contributed by atoms with Crippen LogP contribution < -0.4 is 10.0 Å². The molecule has 1 aromatic carbocycles. The molecule has 1 heterocycles. The van der Waals surface area contributed by atoms with Crippen LogP contribution in [0, 0.1) is 0 Å². The van der Waals surface area contributed by atoms with E-state index in [1.807, 2.05) is 6.92 Å². The van der Waals surface area contributed by atoms with Crippen LogP contribution in [0.1, 0.15) is 31.4 Å². The second-order valence-corrected chi connectivity index (χ2v) is 9.39. The predicted octanol–water partition coefficient (Wildman–Crippen LogP) is 1.30. The maximum Gasteiger partial charge on any atom is 0.294 e. The molecule has 154 valence electrons. The highest BCUT2D eigenvalue weighted by Gasteiger charge is 2.11. The van der Waals surface area contributed by atoms with Crippen molar-refractivity contribution in [1.29, 1.82) is 0 Å². The predicted molar refractivity (Wildman–Crippen MR) is 105 cm³/mol. The van der Waals surface area contributed by atoms with Crippen molar-refractivity contribution in [3.05, 3.63) is 35.9 Å². The summed E-state index contributed by atoms with van der Waals surface area (Å²) in [7, 11) is -7.56. The Morgan fingerprint density at radius 1 is 1.04 bits per heavy atom. The highest BCUT2D eigenvalue weighted by Crippen LogP contribution is 2.18. The van der Waals surface area contributed by atoms with Gasteiger partial charge >= 0.3 is 0 Å². The molecule has 2 rings (SSSR count). The van der Waals surface area contributed by atoms with Crippen molar-refractivity contribution in [2.75, 3.05) is 18.1 Å². The summed E-state index contributed by atoms with van der Waals surface area (Å²) in [5.41, 5.74) is 0.397. The van der Waals surface area contributed by atoms with Gasteiger partial charge in [-0.3, -0.25) is 4.55 Å². The smallest absolute Gasteiger partial charge is 0.294 e. The summed E-state index contributed by atoms with van der Waals surface area (Å²) in [4.78, 5) is 12.8. The van der Waals surface area contributed by atoms with Crippen molar-refractivity contribution in [2.24, 2.45) is 0 Å². The number of sulfonamides is 1. The van der Waals surface area contributed by atoms with Crippen LogP contribution in [0.5, 0.6) is 0 Å². The van der Waals surface area contributed by atoms with E-state index in [0.29, 0.717) is 36.6 Å². The van der Waals surface area contributed by atoms with Crippen molar-refractivity contribution in [1.82, 2.24) is 19.7 Å². The lowest BCUT2D eigenvalue weighted by atomic mass is 10.3. The summed E-state index contributed by atoms with van der Waals surface area (Å²) in [6.07, 6.45) is 3.52. The molecule has 0 aliphatic carbocycles. The first-order chi connectivity index (χ1) is 13.1. The van der Waals surface area contributed by atoms with E-state index in [2.05, 4.69) is 25.0 Å². The Morgan fingerprint density at radius 3 is 2.32 bits per heavy atom. The van der Waals surface area contributed by atoms with E-state index in [4.69, 9.17) is 4.55 Å². The van der Waals surface area contributed by atoms with Crippen molar-refractivity contribution in [3.63, 3.8) is 0 Å². The fourth-order valence-corrected chi connectivity index (χ4v) is 3.38. The fourth-order valence-electron chi connectivity index (χ4n) is 2.34. The van der Waals surface area contributed by atoms with Gasteiger partial charge in [-0.1, -0.05) is 13.0 Å². The topological polar surface area (TPSA) is 151 Å². The summed E-state index contributed by atoms with van der Waals surface area (Å²) in [5.74, 6) is 1.33. The molecule has 0 fully saturated rings. The van der Waals surface area contributed by atoms with Gasteiger partial charge < -0.3 is 5.32 Å². The molecular weight excluding hydrogens is 406 g/mol. The third-order valence-electron chi connectivity index (χ3n) is 3.53. The van der Waals surface area contributed by atoms with Gasteiger partial charge in [-0.2, -0.15) is 18.4 Å². The highest BCUT2D eigenvalue weighted by atomic mass is 32.2. The zero-order valence-corrected chi connectivity index (χ0v) is 17.2. The van der Waals surface area contributed by atoms with Gasteiger partial charge in [0.2, 0.25) is 16.0 Å². The first-order valence-corrected chi connectivity index (χ1v) is 11.9. The Hall–Kier alpha value is -2.15. The van der Waals surface area contributed by atoms with Gasteiger partial charge in [0.05, 0.1) is 11.2 Å². The van der Waals surface area contributed by atoms with Crippen LogP contribution in [0.25, 0.3) is 0 Å². The molecule has 2 aromatic rings. The third kappa shape index (κ3) is 7.46. The summed E-state index contributed by atoms with van der Waals surface area (Å²) >= 11 is 0. The maximum atomic E-state index is 11.3. The first kappa shape index (κ1) is 22.1. The summed E-state index contributed by atoms with van der Waals surface area (Å²) in [6, 6.07) is 5.65. The lowest BCUT2D eigenvalue weighted by molar-refractivity contribution is 0.483. The normalized spacial score (nSPS) is 12.1. The lowest BCUT2D eigenvalue weighted by Crippen LogP contribution is -2.23. The van der Waals surface area contributed by atoms with Gasteiger partial charge in [-0.05, 0) is 31.0 Å². The van der Waals surface area contributed by atoms with Crippen molar-refractivity contribution in [2.45, 2.75) is 37.5 Å². The van der Waals surface area contributed by atoms with E-state index in [0.717, 1.165) is 12.7 Å². The summed E-state index contributed by atoms with van der Waals surface area (Å²) in [6.45, 7) is 2.26. The van der Waals surface area contributed by atoms with E-state index in [1.165, 1.54) is 18.2 Å². The number of hydrogen-bond donors (Lipinski definition) is 3. The zero-order chi connectivity index (χ0) is 20.8. The first-order valence-electron chi connectivity index (χ1n) is 8.60. The molecule has 1 aromatic heterocycles. The molecular formula is C16H23N5O5S2. The van der Waals surface area contributed by atoms with Gasteiger partial charge in [0.25, 0.3) is 10.1 Å². The van der Waals surface area contributed by atoms with Crippen molar-refractivity contribution < 1.29 is 21.4 Å². The average molecular weight is 430 g/mol. The van der Waals surface area contributed by atoms with Crippen LogP contribution in [0.4, 0.5) is 11.6 Å². The quantitative estimate of drug-likeness (QED) is 0.375. The minimum Gasteiger partial charge on any atom is -0.324 e. The molecule has 0 atom stereocenters. The Balaban J connectivity index is 2.18. The van der Waals surface area contributed by atoms with E-state index in [1.54, 1.807) is 6.07 Å².